The van der Waals surface area contributed by atoms with E-state index in [1.165, 1.54) is 36.4 Å². The Labute approximate surface area is 214 Å². The molecule has 188 valence electrons. The molecule has 38 heavy (non-hydrogen) atoms. The number of fused-ring (bicyclic) bond motifs is 1. The number of carbonyl (C=O) groups excluding carboxylic acids is 3. The Hall–Kier alpha value is -5.38. The molecule has 0 bridgehead atoms. The average molecular weight is 511 g/mol. The number of halogens is 1. The first-order chi connectivity index (χ1) is 18.3. The highest BCUT2D eigenvalue weighted by Crippen LogP contribution is 2.33. The van der Waals surface area contributed by atoms with Gasteiger partial charge < -0.3 is 4.74 Å². The Kier molecular flexibility index (Phi) is 6.36. The highest BCUT2D eigenvalue weighted by atomic mass is 19.1. The fourth-order valence-electron chi connectivity index (χ4n) is 4.08. The number of benzene rings is 4. The number of nitro benzene ring substituents is 1. The lowest BCUT2D eigenvalue weighted by molar-refractivity contribution is -0.384. The third kappa shape index (κ3) is 4.58. The molecule has 4 aromatic rings. The van der Waals surface area contributed by atoms with Crippen molar-refractivity contribution in [1.29, 1.82) is 0 Å². The molecule has 0 spiro atoms. The summed E-state index contributed by atoms with van der Waals surface area (Å²) in [6.45, 7) is 0.0481. The summed E-state index contributed by atoms with van der Waals surface area (Å²) in [5, 5.41) is 14.5. The van der Waals surface area contributed by atoms with Crippen LogP contribution < -0.4 is 15.0 Å². The Morgan fingerprint density at radius 1 is 0.921 bits per heavy atom. The average Bonchev–Trinajstić information content (AvgIpc) is 2.91. The summed E-state index contributed by atoms with van der Waals surface area (Å²) < 4.78 is 20.4. The number of nitro groups is 1. The monoisotopic (exact) mass is 511 g/mol. The lowest BCUT2D eigenvalue weighted by Gasteiger charge is -2.26. The van der Waals surface area contributed by atoms with E-state index in [0.717, 1.165) is 11.5 Å². The van der Waals surface area contributed by atoms with E-state index in [1.54, 1.807) is 36.4 Å². The standard InChI is InChI=1S/C28H18FN3O6/c29-23-7-3-4-8-24(23)31-27(34)22(26(33)30-28(31)35)15-21-20-6-2-1-5-18(20)11-14-25(21)38-16-17-9-12-19(13-10-17)32(36)37/h1-15H,16H2,(H,30,33,35)/b22-15-. The topological polar surface area (TPSA) is 119 Å². The molecule has 0 saturated carbocycles. The molecule has 5 rings (SSSR count). The van der Waals surface area contributed by atoms with Crippen molar-refractivity contribution in [1.82, 2.24) is 5.32 Å². The van der Waals surface area contributed by atoms with Crippen molar-refractivity contribution in [2.24, 2.45) is 0 Å². The van der Waals surface area contributed by atoms with E-state index in [2.05, 4.69) is 5.32 Å². The van der Waals surface area contributed by atoms with Crippen LogP contribution in [-0.4, -0.2) is 22.8 Å². The zero-order valence-corrected chi connectivity index (χ0v) is 19.6. The van der Waals surface area contributed by atoms with Crippen molar-refractivity contribution in [3.63, 3.8) is 0 Å². The number of carbonyl (C=O) groups is 3. The smallest absolute Gasteiger partial charge is 0.336 e. The van der Waals surface area contributed by atoms with Crippen LogP contribution in [0.15, 0.2) is 90.5 Å². The minimum Gasteiger partial charge on any atom is -0.488 e. The predicted molar refractivity (Wildman–Crippen MR) is 137 cm³/mol. The maximum absolute atomic E-state index is 14.4. The van der Waals surface area contributed by atoms with Crippen LogP contribution in [0.25, 0.3) is 16.8 Å². The Morgan fingerprint density at radius 2 is 1.63 bits per heavy atom. The molecule has 0 aromatic heterocycles. The SMILES string of the molecule is O=C1NC(=O)N(c2ccccc2F)C(=O)/C1=C\c1c(OCc2ccc([N+](=O)[O-])cc2)ccc2ccccc12. The number of imide groups is 2. The second kappa shape index (κ2) is 9.94. The van der Waals surface area contributed by atoms with Crippen molar-refractivity contribution < 1.29 is 28.4 Å². The molecule has 0 radical (unpaired) electrons. The first-order valence-electron chi connectivity index (χ1n) is 11.4. The van der Waals surface area contributed by atoms with E-state index in [9.17, 15) is 28.9 Å². The number of hydrogen-bond acceptors (Lipinski definition) is 6. The normalized spacial score (nSPS) is 14.6. The van der Waals surface area contributed by atoms with Gasteiger partial charge in [-0.15, -0.1) is 0 Å². The number of anilines is 1. The minimum absolute atomic E-state index is 0.0481. The van der Waals surface area contributed by atoms with Crippen molar-refractivity contribution in [2.75, 3.05) is 4.90 Å². The van der Waals surface area contributed by atoms with Crippen molar-refractivity contribution in [3.05, 3.63) is 118 Å². The highest BCUT2D eigenvalue weighted by Gasteiger charge is 2.38. The number of non-ortho nitro benzene ring substituents is 1. The van der Waals surface area contributed by atoms with Crippen molar-refractivity contribution >= 4 is 46.1 Å². The molecule has 0 unspecified atom stereocenters. The maximum atomic E-state index is 14.4. The quantitative estimate of drug-likeness (QED) is 0.166. The predicted octanol–water partition coefficient (Wildman–Crippen LogP) is 5.13. The minimum atomic E-state index is -1.06. The van der Waals surface area contributed by atoms with Gasteiger partial charge in [0.05, 0.1) is 10.6 Å². The summed E-state index contributed by atoms with van der Waals surface area (Å²) in [7, 11) is 0. The van der Waals surface area contributed by atoms with E-state index in [-0.39, 0.29) is 23.6 Å². The molecule has 0 atom stereocenters. The third-order valence-electron chi connectivity index (χ3n) is 5.96. The number of urea groups is 1. The van der Waals surface area contributed by atoms with Gasteiger partial charge in [-0.05, 0) is 52.7 Å². The van der Waals surface area contributed by atoms with Crippen LogP contribution >= 0.6 is 0 Å². The van der Waals surface area contributed by atoms with Crippen molar-refractivity contribution in [2.45, 2.75) is 6.61 Å². The summed E-state index contributed by atoms with van der Waals surface area (Å²) in [6, 6.07) is 20.7. The van der Waals surface area contributed by atoms with Gasteiger partial charge in [-0.1, -0.05) is 42.5 Å². The van der Waals surface area contributed by atoms with E-state index in [0.29, 0.717) is 27.2 Å². The van der Waals surface area contributed by atoms with Crippen LogP contribution in [0.5, 0.6) is 5.75 Å². The van der Waals surface area contributed by atoms with Gasteiger partial charge >= 0.3 is 6.03 Å². The van der Waals surface area contributed by atoms with Gasteiger partial charge in [0.2, 0.25) is 0 Å². The zero-order chi connectivity index (χ0) is 26.8. The van der Waals surface area contributed by atoms with Gasteiger partial charge in [-0.25, -0.2) is 14.1 Å². The molecule has 4 aromatic carbocycles. The van der Waals surface area contributed by atoms with Crippen LogP contribution in [0.3, 0.4) is 0 Å². The van der Waals surface area contributed by atoms with Crippen LogP contribution in [0, 0.1) is 15.9 Å². The summed E-state index contributed by atoms with van der Waals surface area (Å²) >= 11 is 0. The lowest BCUT2D eigenvalue weighted by atomic mass is 9.99. The zero-order valence-electron chi connectivity index (χ0n) is 19.6. The van der Waals surface area contributed by atoms with Crippen LogP contribution in [0.2, 0.25) is 0 Å². The van der Waals surface area contributed by atoms with Gasteiger partial charge in [0.15, 0.2) is 0 Å². The van der Waals surface area contributed by atoms with E-state index in [1.807, 2.05) is 12.1 Å². The van der Waals surface area contributed by atoms with Gasteiger partial charge in [-0.2, -0.15) is 0 Å². The molecule has 1 N–H and O–H groups in total. The number of barbiturate groups is 1. The molecule has 4 amide bonds. The first kappa shape index (κ1) is 24.3. The molecule has 10 heteroatoms. The summed E-state index contributed by atoms with van der Waals surface area (Å²) in [6.07, 6.45) is 1.31. The van der Waals surface area contributed by atoms with Gasteiger partial charge in [0.25, 0.3) is 17.5 Å². The maximum Gasteiger partial charge on any atom is 0.336 e. The van der Waals surface area contributed by atoms with Gasteiger partial charge in [-0.3, -0.25) is 25.0 Å². The second-order valence-corrected chi connectivity index (χ2v) is 8.32. The number of ether oxygens (including phenoxy) is 1. The first-order valence-corrected chi connectivity index (χ1v) is 11.4. The Bertz CT molecular complexity index is 1650. The van der Waals surface area contributed by atoms with Crippen LogP contribution in [0.4, 0.5) is 20.6 Å². The Balaban J connectivity index is 1.55. The fraction of sp³-hybridized carbons (Fsp3) is 0.0357. The number of nitrogens with one attached hydrogen (secondary N) is 1. The van der Waals surface area contributed by atoms with Gasteiger partial charge in [0, 0.05) is 17.7 Å². The molecule has 1 aliphatic heterocycles. The molecule has 1 saturated heterocycles. The summed E-state index contributed by atoms with van der Waals surface area (Å²) in [4.78, 5) is 49.6. The number of rotatable bonds is 6. The molecule has 9 nitrogen and oxygen atoms in total. The fourth-order valence-corrected chi connectivity index (χ4v) is 4.08. The van der Waals surface area contributed by atoms with E-state index >= 15 is 0 Å². The highest BCUT2D eigenvalue weighted by molar-refractivity contribution is 6.39. The summed E-state index contributed by atoms with van der Waals surface area (Å²) in [5.41, 5.74) is 0.322. The van der Waals surface area contributed by atoms with E-state index < -0.39 is 28.6 Å². The van der Waals surface area contributed by atoms with Crippen LogP contribution in [-0.2, 0) is 16.2 Å². The molecular formula is C28H18FN3O6. The number of amides is 4. The number of nitrogens with zero attached hydrogens (tertiary/aromatic N) is 2. The third-order valence-corrected chi connectivity index (χ3v) is 5.96. The summed E-state index contributed by atoms with van der Waals surface area (Å²) in [5.74, 6) is -2.40. The largest absolute Gasteiger partial charge is 0.488 e. The number of hydrogen-bond donors (Lipinski definition) is 1. The molecule has 1 aliphatic rings. The molecular weight excluding hydrogens is 493 g/mol. The van der Waals surface area contributed by atoms with Gasteiger partial charge in [0.1, 0.15) is 23.7 Å². The molecule has 1 heterocycles. The molecule has 1 fully saturated rings. The Morgan fingerprint density at radius 3 is 2.37 bits per heavy atom. The van der Waals surface area contributed by atoms with Crippen LogP contribution in [0.1, 0.15) is 11.1 Å². The number of para-hydroxylation sites is 1. The van der Waals surface area contributed by atoms with E-state index in [4.69, 9.17) is 4.74 Å². The molecule has 0 aliphatic carbocycles. The van der Waals surface area contributed by atoms with Crippen molar-refractivity contribution in [3.8, 4) is 5.75 Å². The lowest BCUT2D eigenvalue weighted by Crippen LogP contribution is -2.54. The second-order valence-electron chi connectivity index (χ2n) is 8.32.